The lowest BCUT2D eigenvalue weighted by Gasteiger charge is -2.41. The molecule has 4 heteroatoms. The molecular weight excluding hydrogens is 192 g/mol. The molecule has 1 aliphatic heterocycles. The van der Waals surface area contributed by atoms with Gasteiger partial charge < -0.3 is 14.8 Å². The van der Waals surface area contributed by atoms with Crippen molar-refractivity contribution in [2.75, 3.05) is 18.0 Å². The number of carboxylic acids is 1. The van der Waals surface area contributed by atoms with Crippen LogP contribution in [-0.2, 0) is 4.79 Å². The van der Waals surface area contributed by atoms with Crippen molar-refractivity contribution in [3.8, 4) is 6.07 Å². The van der Waals surface area contributed by atoms with Crippen molar-refractivity contribution in [1.29, 1.82) is 5.26 Å². The van der Waals surface area contributed by atoms with Crippen LogP contribution in [0.2, 0.25) is 0 Å². The Morgan fingerprint density at radius 1 is 1.47 bits per heavy atom. The van der Waals surface area contributed by atoms with Gasteiger partial charge in [-0.2, -0.15) is 5.26 Å². The molecule has 76 valence electrons. The first kappa shape index (κ1) is 9.53. The Morgan fingerprint density at radius 3 is 2.73 bits per heavy atom. The molecule has 0 atom stereocenters. The second-order valence-electron chi connectivity index (χ2n) is 3.55. The molecule has 4 nitrogen and oxygen atoms in total. The van der Waals surface area contributed by atoms with Crippen LogP contribution in [0.5, 0.6) is 0 Å². The quantitative estimate of drug-likeness (QED) is 0.661. The number of carboxylic acid groups (broad SMARTS) is 1. The molecule has 0 bridgehead atoms. The Kier molecular flexibility index (Phi) is 2.30. The summed E-state index contributed by atoms with van der Waals surface area (Å²) in [6.45, 7) is 0.863. The molecule has 0 unspecified atom stereocenters. The highest BCUT2D eigenvalue weighted by atomic mass is 16.4. The molecule has 0 saturated carbocycles. The maximum atomic E-state index is 10.5. The summed E-state index contributed by atoms with van der Waals surface area (Å²) in [4.78, 5) is 12.4. The van der Waals surface area contributed by atoms with E-state index in [-0.39, 0.29) is 0 Å². The van der Waals surface area contributed by atoms with Gasteiger partial charge in [0, 0.05) is 25.0 Å². The molecule has 0 N–H and O–H groups in total. The van der Waals surface area contributed by atoms with E-state index < -0.39 is 11.9 Å². The third kappa shape index (κ3) is 1.64. The lowest BCUT2D eigenvalue weighted by molar-refractivity contribution is -0.312. The van der Waals surface area contributed by atoms with Crippen molar-refractivity contribution in [2.24, 2.45) is 5.92 Å². The third-order valence-corrected chi connectivity index (χ3v) is 2.58. The van der Waals surface area contributed by atoms with Gasteiger partial charge >= 0.3 is 0 Å². The van der Waals surface area contributed by atoms with Crippen molar-refractivity contribution < 1.29 is 9.90 Å². The van der Waals surface area contributed by atoms with Crippen molar-refractivity contribution in [1.82, 2.24) is 0 Å². The van der Waals surface area contributed by atoms with E-state index in [1.165, 1.54) is 0 Å². The summed E-state index contributed by atoms with van der Waals surface area (Å²) >= 11 is 0. The predicted molar refractivity (Wildman–Crippen MR) is 51.9 cm³/mol. The zero-order valence-corrected chi connectivity index (χ0v) is 8.01. The van der Waals surface area contributed by atoms with Crippen molar-refractivity contribution in [3.63, 3.8) is 0 Å². The number of anilines is 1. The lowest BCUT2D eigenvalue weighted by Crippen LogP contribution is -2.54. The number of rotatable bonds is 2. The normalized spacial score (nSPS) is 15.5. The number of benzene rings is 1. The Labute approximate surface area is 87.4 Å². The maximum absolute atomic E-state index is 10.5. The van der Waals surface area contributed by atoms with Gasteiger partial charge in [0.15, 0.2) is 0 Å². The first-order chi connectivity index (χ1) is 7.22. The van der Waals surface area contributed by atoms with Gasteiger partial charge in [0.25, 0.3) is 0 Å². The fourth-order valence-electron chi connectivity index (χ4n) is 1.67. The molecule has 1 aromatic rings. The Morgan fingerprint density at radius 2 is 2.13 bits per heavy atom. The van der Waals surface area contributed by atoms with Crippen molar-refractivity contribution in [3.05, 3.63) is 29.8 Å². The number of carbonyl (C=O) groups excluding carboxylic acids is 1. The standard InChI is InChI=1S/C11H10N2O2/c12-5-8-3-1-2-4-10(8)13-6-9(7-13)11(14)15/h1-4,9H,6-7H2,(H,14,15)/p-1. The van der Waals surface area contributed by atoms with Gasteiger partial charge in [-0.1, -0.05) is 12.1 Å². The summed E-state index contributed by atoms with van der Waals surface area (Å²) < 4.78 is 0. The van der Waals surface area contributed by atoms with Gasteiger partial charge in [-0.3, -0.25) is 0 Å². The number of para-hydroxylation sites is 1. The van der Waals surface area contributed by atoms with Crippen LogP contribution in [-0.4, -0.2) is 19.1 Å². The Balaban J connectivity index is 2.14. The highest BCUT2D eigenvalue weighted by Gasteiger charge is 2.28. The minimum absolute atomic E-state index is 0.406. The molecule has 1 aromatic carbocycles. The highest BCUT2D eigenvalue weighted by Crippen LogP contribution is 2.27. The van der Waals surface area contributed by atoms with Gasteiger partial charge in [-0.05, 0) is 12.1 Å². The molecular formula is C11H9N2O2-. The van der Waals surface area contributed by atoms with Gasteiger partial charge in [-0.15, -0.1) is 0 Å². The summed E-state index contributed by atoms with van der Waals surface area (Å²) in [7, 11) is 0. The van der Waals surface area contributed by atoms with Crippen LogP contribution >= 0.6 is 0 Å². The van der Waals surface area contributed by atoms with Gasteiger partial charge in [0.1, 0.15) is 6.07 Å². The third-order valence-electron chi connectivity index (χ3n) is 2.58. The SMILES string of the molecule is N#Cc1ccccc1N1CC(C(=O)[O-])C1. The fraction of sp³-hybridized carbons (Fsp3) is 0.273. The average molecular weight is 201 g/mol. The number of nitrogens with zero attached hydrogens (tertiary/aromatic N) is 2. The molecule has 0 aromatic heterocycles. The minimum atomic E-state index is -1.01. The molecule has 2 rings (SSSR count). The van der Waals surface area contributed by atoms with Crippen molar-refractivity contribution >= 4 is 11.7 Å². The summed E-state index contributed by atoms with van der Waals surface area (Å²) in [5.74, 6) is -1.42. The maximum Gasteiger partial charge on any atom is 0.101 e. The second kappa shape index (κ2) is 3.62. The molecule has 1 fully saturated rings. The Bertz CT molecular complexity index is 430. The van der Waals surface area contributed by atoms with E-state index in [2.05, 4.69) is 6.07 Å². The van der Waals surface area contributed by atoms with Gasteiger partial charge in [-0.25, -0.2) is 0 Å². The first-order valence-electron chi connectivity index (χ1n) is 4.67. The molecule has 1 heterocycles. The van der Waals surface area contributed by atoms with Crippen LogP contribution in [0.1, 0.15) is 5.56 Å². The van der Waals surface area contributed by atoms with Crippen LogP contribution in [0.3, 0.4) is 0 Å². The smallest absolute Gasteiger partial charge is 0.101 e. The van der Waals surface area contributed by atoms with Gasteiger partial charge in [0.05, 0.1) is 11.3 Å². The van der Waals surface area contributed by atoms with E-state index >= 15 is 0 Å². The highest BCUT2D eigenvalue weighted by molar-refractivity contribution is 5.73. The second-order valence-corrected chi connectivity index (χ2v) is 3.55. The summed E-state index contributed by atoms with van der Waals surface area (Å²) in [6.07, 6.45) is 0. The van der Waals surface area contributed by atoms with E-state index in [1.807, 2.05) is 17.0 Å². The number of aliphatic carboxylic acids is 1. The predicted octanol–water partition coefficient (Wildman–Crippen LogP) is -0.256. The summed E-state index contributed by atoms with van der Waals surface area (Å²) in [5.41, 5.74) is 1.38. The zero-order valence-electron chi connectivity index (χ0n) is 8.01. The Hall–Kier alpha value is -2.02. The summed E-state index contributed by atoms with van der Waals surface area (Å²) in [5, 5.41) is 19.4. The van der Waals surface area contributed by atoms with Crippen LogP contribution in [0.4, 0.5) is 5.69 Å². The van der Waals surface area contributed by atoms with Gasteiger partial charge in [0.2, 0.25) is 0 Å². The largest absolute Gasteiger partial charge is 0.550 e. The molecule has 15 heavy (non-hydrogen) atoms. The molecule has 1 aliphatic rings. The van der Waals surface area contributed by atoms with E-state index in [0.29, 0.717) is 18.7 Å². The average Bonchev–Trinajstić information content (AvgIpc) is 2.15. The monoisotopic (exact) mass is 201 g/mol. The number of hydrogen-bond acceptors (Lipinski definition) is 4. The van der Waals surface area contributed by atoms with Crippen LogP contribution in [0, 0.1) is 17.2 Å². The number of carbonyl (C=O) groups is 1. The number of hydrogen-bond donors (Lipinski definition) is 0. The molecule has 0 radical (unpaired) electrons. The van der Waals surface area contributed by atoms with E-state index in [1.54, 1.807) is 12.1 Å². The van der Waals surface area contributed by atoms with E-state index in [4.69, 9.17) is 5.26 Å². The summed E-state index contributed by atoms with van der Waals surface area (Å²) in [6, 6.07) is 9.26. The lowest BCUT2D eigenvalue weighted by atomic mass is 9.98. The van der Waals surface area contributed by atoms with E-state index in [0.717, 1.165) is 5.69 Å². The van der Waals surface area contributed by atoms with E-state index in [9.17, 15) is 9.90 Å². The minimum Gasteiger partial charge on any atom is -0.550 e. The molecule has 0 aliphatic carbocycles. The van der Waals surface area contributed by atoms with Crippen molar-refractivity contribution in [2.45, 2.75) is 0 Å². The zero-order chi connectivity index (χ0) is 10.8. The molecule has 0 spiro atoms. The van der Waals surface area contributed by atoms with Crippen LogP contribution in [0.25, 0.3) is 0 Å². The molecule has 0 amide bonds. The molecule has 1 saturated heterocycles. The fourth-order valence-corrected chi connectivity index (χ4v) is 1.67. The first-order valence-corrected chi connectivity index (χ1v) is 4.67. The number of nitriles is 1. The topological polar surface area (TPSA) is 67.2 Å². The van der Waals surface area contributed by atoms with Crippen LogP contribution < -0.4 is 10.0 Å². The van der Waals surface area contributed by atoms with Crippen LogP contribution in [0.15, 0.2) is 24.3 Å².